The van der Waals surface area contributed by atoms with Gasteiger partial charge >= 0.3 is 5.97 Å². The molecular weight excluding hydrogens is 326 g/mol. The number of benzene rings is 1. The minimum absolute atomic E-state index is 0.383. The molecule has 0 aliphatic rings. The first-order valence-corrected chi connectivity index (χ1v) is 7.30. The van der Waals surface area contributed by atoms with Crippen molar-refractivity contribution < 1.29 is 9.53 Å². The zero-order chi connectivity index (χ0) is 14.2. The van der Waals surface area contributed by atoms with Gasteiger partial charge in [-0.15, -0.1) is 11.3 Å². The predicted octanol–water partition coefficient (Wildman–Crippen LogP) is 4.16. The average Bonchev–Trinajstić information content (AvgIpc) is 2.66. The smallest absolute Gasteiger partial charge is 0.350 e. The van der Waals surface area contributed by atoms with Gasteiger partial charge in [-0.25, -0.2) is 4.79 Å². The molecule has 0 radical (unpaired) electrons. The number of anilines is 1. The molecule has 2 N–H and O–H groups in total. The highest BCUT2D eigenvalue weighted by Crippen LogP contribution is 2.40. The van der Waals surface area contributed by atoms with Crippen LogP contribution in [0.4, 0.5) is 5.69 Å². The molecule has 1 aromatic heterocycles. The molecule has 0 aliphatic carbocycles. The molecular formula is C14H14BrNO2S. The Labute approximate surface area is 124 Å². The summed E-state index contributed by atoms with van der Waals surface area (Å²) in [7, 11) is 1.36. The van der Waals surface area contributed by atoms with Gasteiger partial charge in [-0.1, -0.05) is 22.0 Å². The fraction of sp³-hybridized carbons (Fsp3) is 0.214. The van der Waals surface area contributed by atoms with Crippen LogP contribution in [0.15, 0.2) is 22.7 Å². The Kier molecular flexibility index (Phi) is 3.96. The first kappa shape index (κ1) is 14.1. The first-order valence-electron chi connectivity index (χ1n) is 5.69. The zero-order valence-electron chi connectivity index (χ0n) is 10.9. The number of aryl methyl sites for hydroxylation is 1. The summed E-state index contributed by atoms with van der Waals surface area (Å²) in [4.78, 5) is 13.2. The number of nitrogen functional groups attached to an aromatic ring is 1. The number of methoxy groups -OCH3 is 1. The van der Waals surface area contributed by atoms with E-state index >= 15 is 0 Å². The first-order chi connectivity index (χ1) is 8.95. The van der Waals surface area contributed by atoms with Crippen LogP contribution in [0.25, 0.3) is 10.4 Å². The van der Waals surface area contributed by atoms with Gasteiger partial charge in [-0.05, 0) is 42.7 Å². The van der Waals surface area contributed by atoms with Crippen molar-refractivity contribution in [1.29, 1.82) is 0 Å². The van der Waals surface area contributed by atoms with Gasteiger partial charge in [0.1, 0.15) is 4.88 Å². The van der Waals surface area contributed by atoms with E-state index in [9.17, 15) is 4.79 Å². The second-order valence-corrected chi connectivity index (χ2v) is 6.19. The van der Waals surface area contributed by atoms with Crippen LogP contribution >= 0.6 is 27.3 Å². The molecule has 3 nitrogen and oxygen atoms in total. The minimum Gasteiger partial charge on any atom is -0.465 e. The Bertz CT molecular complexity index is 649. The van der Waals surface area contributed by atoms with Crippen molar-refractivity contribution in [2.24, 2.45) is 0 Å². The van der Waals surface area contributed by atoms with Crippen LogP contribution in [-0.2, 0) is 4.74 Å². The molecule has 100 valence electrons. The number of rotatable bonds is 2. The summed E-state index contributed by atoms with van der Waals surface area (Å²) in [6.07, 6.45) is 0. The summed E-state index contributed by atoms with van der Waals surface area (Å²) in [6, 6.07) is 6.05. The van der Waals surface area contributed by atoms with E-state index in [0.717, 1.165) is 26.0 Å². The number of carbonyl (C=O) groups is 1. The molecule has 1 aromatic carbocycles. The van der Waals surface area contributed by atoms with Crippen LogP contribution in [0.5, 0.6) is 0 Å². The van der Waals surface area contributed by atoms with Gasteiger partial charge in [-0.3, -0.25) is 0 Å². The zero-order valence-corrected chi connectivity index (χ0v) is 13.3. The maximum absolute atomic E-state index is 11.7. The number of nitrogens with two attached hydrogens (primary N) is 1. The lowest BCUT2D eigenvalue weighted by Crippen LogP contribution is -2.01. The van der Waals surface area contributed by atoms with Gasteiger partial charge in [-0.2, -0.15) is 0 Å². The average molecular weight is 340 g/mol. The van der Waals surface area contributed by atoms with Gasteiger partial charge in [0, 0.05) is 9.35 Å². The molecule has 0 bridgehead atoms. The van der Waals surface area contributed by atoms with Crippen LogP contribution < -0.4 is 5.73 Å². The molecule has 0 spiro atoms. The molecule has 0 saturated heterocycles. The largest absolute Gasteiger partial charge is 0.465 e. The van der Waals surface area contributed by atoms with Crippen molar-refractivity contribution in [3.8, 4) is 10.4 Å². The summed E-state index contributed by atoms with van der Waals surface area (Å²) in [5.41, 5.74) is 9.66. The lowest BCUT2D eigenvalue weighted by Gasteiger charge is -2.05. The summed E-state index contributed by atoms with van der Waals surface area (Å²) >= 11 is 4.82. The molecule has 0 fully saturated rings. The second-order valence-electron chi connectivity index (χ2n) is 4.25. The van der Waals surface area contributed by atoms with E-state index in [1.165, 1.54) is 18.4 Å². The van der Waals surface area contributed by atoms with Gasteiger partial charge in [0.2, 0.25) is 0 Å². The van der Waals surface area contributed by atoms with Gasteiger partial charge in [0.25, 0.3) is 0 Å². The van der Waals surface area contributed by atoms with Crippen molar-refractivity contribution in [2.75, 3.05) is 12.8 Å². The van der Waals surface area contributed by atoms with Crippen LogP contribution in [-0.4, -0.2) is 13.1 Å². The normalized spacial score (nSPS) is 10.5. The molecule has 2 aromatic rings. The third-order valence-electron chi connectivity index (χ3n) is 3.00. The summed E-state index contributed by atoms with van der Waals surface area (Å²) in [5, 5.41) is 0. The Hall–Kier alpha value is -1.33. The van der Waals surface area contributed by atoms with Gasteiger partial charge < -0.3 is 10.5 Å². The molecule has 2 rings (SSSR count). The van der Waals surface area contributed by atoms with E-state index in [2.05, 4.69) is 15.9 Å². The van der Waals surface area contributed by atoms with E-state index in [-0.39, 0.29) is 5.97 Å². The van der Waals surface area contributed by atoms with Crippen molar-refractivity contribution in [3.63, 3.8) is 0 Å². The van der Waals surface area contributed by atoms with Gasteiger partial charge in [0.15, 0.2) is 0 Å². The quantitative estimate of drug-likeness (QED) is 0.835. The topological polar surface area (TPSA) is 52.3 Å². The van der Waals surface area contributed by atoms with E-state index in [1.807, 2.05) is 32.0 Å². The Morgan fingerprint density at radius 2 is 2.05 bits per heavy atom. The summed E-state index contributed by atoms with van der Waals surface area (Å²) < 4.78 is 5.79. The van der Waals surface area contributed by atoms with Crippen molar-refractivity contribution >= 4 is 38.9 Å². The second kappa shape index (κ2) is 5.35. The highest BCUT2D eigenvalue weighted by Gasteiger charge is 2.20. The molecule has 5 heteroatoms. The highest BCUT2D eigenvalue weighted by atomic mass is 79.9. The Balaban J connectivity index is 2.60. The predicted molar refractivity (Wildman–Crippen MR) is 82.7 cm³/mol. The number of halogens is 1. The fourth-order valence-electron chi connectivity index (χ4n) is 1.91. The van der Waals surface area contributed by atoms with Crippen LogP contribution in [0.2, 0.25) is 0 Å². The summed E-state index contributed by atoms with van der Waals surface area (Å²) in [5.74, 6) is -0.383. The van der Waals surface area contributed by atoms with Gasteiger partial charge in [0.05, 0.1) is 12.8 Å². The van der Waals surface area contributed by atoms with E-state index < -0.39 is 0 Å². The third-order valence-corrected chi connectivity index (χ3v) is 4.81. The molecule has 0 unspecified atom stereocenters. The lowest BCUT2D eigenvalue weighted by molar-refractivity contribution is 0.0607. The van der Waals surface area contributed by atoms with Crippen LogP contribution in [0, 0.1) is 13.8 Å². The molecule has 0 amide bonds. The third kappa shape index (κ3) is 2.53. The van der Waals surface area contributed by atoms with Crippen molar-refractivity contribution in [2.45, 2.75) is 13.8 Å². The Morgan fingerprint density at radius 3 is 2.63 bits per heavy atom. The highest BCUT2D eigenvalue weighted by molar-refractivity contribution is 9.10. The van der Waals surface area contributed by atoms with Crippen molar-refractivity contribution in [1.82, 2.24) is 0 Å². The number of carbonyl (C=O) groups excluding carboxylic acids is 1. The number of ether oxygens (including phenoxy) is 1. The number of thiophene rings is 1. The standard InChI is InChI=1S/C14H14BrNO2S/c1-7-6-9(15)4-5-10(7)12-8(2)11(16)13(19-12)14(17)18-3/h4-6H,16H2,1-3H3. The minimum atomic E-state index is -0.383. The Morgan fingerprint density at radius 1 is 1.37 bits per heavy atom. The fourth-order valence-corrected chi connectivity index (χ4v) is 3.62. The molecule has 0 atom stereocenters. The molecule has 0 saturated carbocycles. The monoisotopic (exact) mass is 339 g/mol. The molecule has 1 heterocycles. The lowest BCUT2D eigenvalue weighted by atomic mass is 10.0. The maximum Gasteiger partial charge on any atom is 0.350 e. The SMILES string of the molecule is COC(=O)c1sc(-c2ccc(Br)cc2C)c(C)c1N. The molecule has 19 heavy (non-hydrogen) atoms. The van der Waals surface area contributed by atoms with E-state index in [4.69, 9.17) is 10.5 Å². The van der Waals surface area contributed by atoms with Crippen LogP contribution in [0.1, 0.15) is 20.8 Å². The van der Waals surface area contributed by atoms with E-state index in [0.29, 0.717) is 10.6 Å². The number of hydrogen-bond acceptors (Lipinski definition) is 4. The van der Waals surface area contributed by atoms with Crippen LogP contribution in [0.3, 0.4) is 0 Å². The van der Waals surface area contributed by atoms with Crippen molar-refractivity contribution in [3.05, 3.63) is 38.7 Å². The molecule has 0 aliphatic heterocycles. The maximum atomic E-state index is 11.7. The summed E-state index contributed by atoms with van der Waals surface area (Å²) in [6.45, 7) is 3.96. The number of hydrogen-bond donors (Lipinski definition) is 1. The van der Waals surface area contributed by atoms with E-state index in [1.54, 1.807) is 0 Å². The number of esters is 1.